The van der Waals surface area contributed by atoms with Gasteiger partial charge in [-0.15, -0.1) is 0 Å². The number of rotatable bonds is 7. The highest BCUT2D eigenvalue weighted by atomic mass is 16.5. The van der Waals surface area contributed by atoms with E-state index in [1.165, 1.54) is 10.5 Å². The lowest BCUT2D eigenvalue weighted by Crippen LogP contribution is -2.31. The van der Waals surface area contributed by atoms with Crippen LogP contribution in [-0.2, 0) is 11.3 Å². The number of ether oxygens (including phenoxy) is 1. The standard InChI is InChI=1S/C21H23N3O3/c1-15(2)16-9-11-18(12-10-16)26-14-20(25)24(3)13-19-22-21(23-27-19)17-7-5-4-6-8-17/h4-12,15H,13-14H2,1-3H3. The third-order valence-electron chi connectivity index (χ3n) is 4.21. The largest absolute Gasteiger partial charge is 0.484 e. The van der Waals surface area contributed by atoms with Crippen LogP contribution in [0.5, 0.6) is 5.75 Å². The van der Waals surface area contributed by atoms with Crippen molar-refractivity contribution < 1.29 is 14.1 Å². The minimum atomic E-state index is -0.164. The van der Waals surface area contributed by atoms with Gasteiger partial charge in [0.15, 0.2) is 6.61 Å². The molecule has 6 nitrogen and oxygen atoms in total. The van der Waals surface area contributed by atoms with Gasteiger partial charge in [-0.3, -0.25) is 4.79 Å². The van der Waals surface area contributed by atoms with Crippen molar-refractivity contribution in [3.05, 3.63) is 66.1 Å². The summed E-state index contributed by atoms with van der Waals surface area (Å²) in [6.45, 7) is 4.45. The molecular formula is C21H23N3O3. The molecule has 27 heavy (non-hydrogen) atoms. The van der Waals surface area contributed by atoms with Crippen molar-refractivity contribution in [2.24, 2.45) is 0 Å². The Morgan fingerprint density at radius 2 is 1.81 bits per heavy atom. The summed E-state index contributed by atoms with van der Waals surface area (Å²) in [6, 6.07) is 17.3. The van der Waals surface area contributed by atoms with E-state index in [9.17, 15) is 4.79 Å². The van der Waals surface area contributed by atoms with Crippen LogP contribution in [0.2, 0.25) is 0 Å². The van der Waals surface area contributed by atoms with E-state index in [1.807, 2.05) is 54.6 Å². The van der Waals surface area contributed by atoms with E-state index < -0.39 is 0 Å². The van der Waals surface area contributed by atoms with Gasteiger partial charge >= 0.3 is 0 Å². The first-order chi connectivity index (χ1) is 13.0. The molecule has 0 radical (unpaired) electrons. The number of benzene rings is 2. The van der Waals surface area contributed by atoms with Crippen molar-refractivity contribution in [3.8, 4) is 17.1 Å². The Morgan fingerprint density at radius 1 is 1.11 bits per heavy atom. The van der Waals surface area contributed by atoms with Gasteiger partial charge in [-0.05, 0) is 23.6 Å². The Balaban J connectivity index is 1.52. The fraction of sp³-hybridized carbons (Fsp3) is 0.286. The van der Waals surface area contributed by atoms with E-state index in [-0.39, 0.29) is 19.1 Å². The third kappa shape index (κ3) is 4.94. The van der Waals surface area contributed by atoms with Gasteiger partial charge < -0.3 is 14.2 Å². The number of carbonyl (C=O) groups is 1. The van der Waals surface area contributed by atoms with Crippen LogP contribution in [0.3, 0.4) is 0 Å². The van der Waals surface area contributed by atoms with Crippen LogP contribution >= 0.6 is 0 Å². The van der Waals surface area contributed by atoms with Crippen LogP contribution < -0.4 is 4.74 Å². The second kappa shape index (κ2) is 8.49. The molecule has 140 valence electrons. The van der Waals surface area contributed by atoms with Crippen molar-refractivity contribution in [2.75, 3.05) is 13.7 Å². The molecule has 0 N–H and O–H groups in total. The van der Waals surface area contributed by atoms with Crippen molar-refractivity contribution in [1.29, 1.82) is 0 Å². The van der Waals surface area contributed by atoms with E-state index in [0.717, 1.165) is 5.56 Å². The number of carbonyl (C=O) groups excluding carboxylic acids is 1. The second-order valence-electron chi connectivity index (χ2n) is 6.64. The average Bonchev–Trinajstić information content (AvgIpc) is 3.15. The van der Waals surface area contributed by atoms with E-state index >= 15 is 0 Å². The SMILES string of the molecule is CC(C)c1ccc(OCC(=O)N(C)Cc2nc(-c3ccccc3)no2)cc1. The summed E-state index contributed by atoms with van der Waals surface area (Å²) in [7, 11) is 1.68. The Kier molecular flexibility index (Phi) is 5.86. The van der Waals surface area contributed by atoms with Gasteiger partial charge in [0, 0.05) is 12.6 Å². The molecule has 3 rings (SSSR count). The van der Waals surface area contributed by atoms with E-state index in [4.69, 9.17) is 9.26 Å². The zero-order valence-corrected chi connectivity index (χ0v) is 15.8. The van der Waals surface area contributed by atoms with Crippen LogP contribution in [0.15, 0.2) is 59.1 Å². The summed E-state index contributed by atoms with van der Waals surface area (Å²) in [6.07, 6.45) is 0. The number of nitrogens with zero attached hydrogens (tertiary/aromatic N) is 3. The number of hydrogen-bond donors (Lipinski definition) is 0. The highest BCUT2D eigenvalue weighted by Crippen LogP contribution is 2.19. The normalized spacial score (nSPS) is 10.8. The van der Waals surface area contributed by atoms with Gasteiger partial charge in [-0.1, -0.05) is 61.5 Å². The number of aromatic nitrogens is 2. The molecule has 0 unspecified atom stereocenters. The lowest BCUT2D eigenvalue weighted by Gasteiger charge is -2.15. The van der Waals surface area contributed by atoms with Crippen molar-refractivity contribution in [3.63, 3.8) is 0 Å². The first-order valence-corrected chi connectivity index (χ1v) is 8.87. The smallest absolute Gasteiger partial charge is 0.260 e. The summed E-state index contributed by atoms with van der Waals surface area (Å²) in [5.41, 5.74) is 2.10. The summed E-state index contributed by atoms with van der Waals surface area (Å²) in [5.74, 6) is 1.86. The lowest BCUT2D eigenvalue weighted by molar-refractivity contribution is -0.132. The van der Waals surface area contributed by atoms with Crippen LogP contribution in [0, 0.1) is 0 Å². The van der Waals surface area contributed by atoms with E-state index in [0.29, 0.717) is 23.4 Å². The molecule has 0 atom stereocenters. The van der Waals surface area contributed by atoms with Crippen LogP contribution in [0.25, 0.3) is 11.4 Å². The van der Waals surface area contributed by atoms with Gasteiger partial charge in [0.25, 0.3) is 5.91 Å². The molecule has 0 saturated heterocycles. The summed E-state index contributed by atoms with van der Waals surface area (Å²) in [4.78, 5) is 18.1. The Bertz CT molecular complexity index is 873. The van der Waals surface area contributed by atoms with Crippen LogP contribution in [0.4, 0.5) is 0 Å². The van der Waals surface area contributed by atoms with E-state index in [1.54, 1.807) is 7.05 Å². The van der Waals surface area contributed by atoms with Gasteiger partial charge in [0.05, 0.1) is 6.54 Å². The molecule has 6 heteroatoms. The maximum atomic E-state index is 12.3. The maximum Gasteiger partial charge on any atom is 0.260 e. The maximum absolute atomic E-state index is 12.3. The summed E-state index contributed by atoms with van der Waals surface area (Å²) < 4.78 is 10.8. The molecule has 0 saturated carbocycles. The minimum Gasteiger partial charge on any atom is -0.484 e. The van der Waals surface area contributed by atoms with Gasteiger partial charge in [0.2, 0.25) is 11.7 Å². The second-order valence-corrected chi connectivity index (χ2v) is 6.64. The molecule has 0 bridgehead atoms. The molecule has 1 aromatic heterocycles. The molecule has 0 aliphatic carbocycles. The lowest BCUT2D eigenvalue weighted by atomic mass is 10.0. The van der Waals surface area contributed by atoms with Crippen molar-refractivity contribution in [1.82, 2.24) is 15.0 Å². The fourth-order valence-corrected chi connectivity index (χ4v) is 2.52. The van der Waals surface area contributed by atoms with Gasteiger partial charge in [0.1, 0.15) is 5.75 Å². The predicted molar refractivity (Wildman–Crippen MR) is 102 cm³/mol. The van der Waals surface area contributed by atoms with Gasteiger partial charge in [-0.25, -0.2) is 0 Å². The molecule has 3 aromatic rings. The number of likely N-dealkylation sites (N-methyl/N-ethyl adjacent to an activating group) is 1. The monoisotopic (exact) mass is 365 g/mol. The Labute approximate surface area is 158 Å². The molecular weight excluding hydrogens is 342 g/mol. The highest BCUT2D eigenvalue weighted by molar-refractivity contribution is 5.77. The average molecular weight is 365 g/mol. The van der Waals surface area contributed by atoms with E-state index in [2.05, 4.69) is 24.0 Å². The Hall–Kier alpha value is -3.15. The molecule has 2 aromatic carbocycles. The zero-order valence-electron chi connectivity index (χ0n) is 15.8. The molecule has 1 amide bonds. The first kappa shape index (κ1) is 18.6. The van der Waals surface area contributed by atoms with Crippen LogP contribution in [-0.4, -0.2) is 34.6 Å². The van der Waals surface area contributed by atoms with Crippen LogP contribution in [0.1, 0.15) is 31.2 Å². The highest BCUT2D eigenvalue weighted by Gasteiger charge is 2.15. The minimum absolute atomic E-state index is 0.0444. The van der Waals surface area contributed by atoms with Crippen molar-refractivity contribution >= 4 is 5.91 Å². The molecule has 1 heterocycles. The van der Waals surface area contributed by atoms with Crippen molar-refractivity contribution in [2.45, 2.75) is 26.3 Å². The topological polar surface area (TPSA) is 68.5 Å². The zero-order chi connectivity index (χ0) is 19.2. The molecule has 0 spiro atoms. The first-order valence-electron chi connectivity index (χ1n) is 8.87. The summed E-state index contributed by atoms with van der Waals surface area (Å²) >= 11 is 0. The number of amides is 1. The third-order valence-corrected chi connectivity index (χ3v) is 4.21. The molecule has 0 fully saturated rings. The summed E-state index contributed by atoms with van der Waals surface area (Å²) in [5, 5.41) is 3.96. The molecule has 0 aliphatic rings. The molecule has 0 aliphatic heterocycles. The van der Waals surface area contributed by atoms with Gasteiger partial charge in [-0.2, -0.15) is 4.98 Å². The number of hydrogen-bond acceptors (Lipinski definition) is 5. The Morgan fingerprint density at radius 3 is 2.48 bits per heavy atom. The quantitative estimate of drug-likeness (QED) is 0.635. The predicted octanol–water partition coefficient (Wildman–Crippen LogP) is 3.90. The fourth-order valence-electron chi connectivity index (χ4n) is 2.52.